The molecule has 0 fully saturated rings. The lowest BCUT2D eigenvalue weighted by atomic mass is 9.97. The van der Waals surface area contributed by atoms with Gasteiger partial charge in [0.05, 0.1) is 5.69 Å². The van der Waals surface area contributed by atoms with Crippen LogP contribution in [0.1, 0.15) is 37.8 Å². The zero-order valence-corrected chi connectivity index (χ0v) is 8.05. The molecule has 0 saturated carbocycles. The molecule has 0 amide bonds. The second-order valence-corrected chi connectivity index (χ2v) is 3.27. The topological polar surface area (TPSA) is 26.0 Å². The summed E-state index contributed by atoms with van der Waals surface area (Å²) >= 11 is 5.69. The van der Waals surface area contributed by atoms with Crippen molar-refractivity contribution in [2.24, 2.45) is 0 Å². The summed E-state index contributed by atoms with van der Waals surface area (Å²) in [4.78, 5) is 0. The highest BCUT2D eigenvalue weighted by molar-refractivity contribution is 6.17. The first-order chi connectivity index (χ1) is 5.88. The molecule has 1 aromatic rings. The third-order valence-corrected chi connectivity index (χ3v) is 2.19. The summed E-state index contributed by atoms with van der Waals surface area (Å²) in [5, 5.41) is 3.92. The van der Waals surface area contributed by atoms with Crippen LogP contribution in [-0.2, 0) is 0 Å². The van der Waals surface area contributed by atoms with E-state index in [4.69, 9.17) is 16.1 Å². The molecule has 2 nitrogen and oxygen atoms in total. The van der Waals surface area contributed by atoms with Crippen molar-refractivity contribution in [3.05, 3.63) is 18.0 Å². The Morgan fingerprint density at radius 3 is 2.92 bits per heavy atom. The van der Waals surface area contributed by atoms with Crippen molar-refractivity contribution in [1.82, 2.24) is 5.16 Å². The fraction of sp³-hybridized carbons (Fsp3) is 0.667. The monoisotopic (exact) mass is 187 g/mol. The van der Waals surface area contributed by atoms with Crippen LogP contribution in [0.15, 0.2) is 16.9 Å². The van der Waals surface area contributed by atoms with Gasteiger partial charge in [-0.25, -0.2) is 0 Å². The third kappa shape index (κ3) is 2.52. The molecular formula is C9H14ClNO. The molecule has 1 unspecified atom stereocenters. The average molecular weight is 188 g/mol. The van der Waals surface area contributed by atoms with Crippen molar-refractivity contribution in [3.63, 3.8) is 0 Å². The van der Waals surface area contributed by atoms with E-state index in [2.05, 4.69) is 12.1 Å². The molecular weight excluding hydrogens is 174 g/mol. The first-order valence-corrected chi connectivity index (χ1v) is 4.88. The molecule has 0 bridgehead atoms. The van der Waals surface area contributed by atoms with Crippen molar-refractivity contribution in [3.8, 4) is 0 Å². The summed E-state index contributed by atoms with van der Waals surface area (Å²) in [7, 11) is 0. The fourth-order valence-electron chi connectivity index (χ4n) is 1.35. The van der Waals surface area contributed by atoms with Gasteiger partial charge in [-0.3, -0.25) is 0 Å². The van der Waals surface area contributed by atoms with Gasteiger partial charge in [0.15, 0.2) is 0 Å². The largest absolute Gasteiger partial charge is 0.365 e. The molecule has 0 saturated heterocycles. The van der Waals surface area contributed by atoms with Gasteiger partial charge in [0.1, 0.15) is 6.26 Å². The molecule has 0 spiro atoms. The van der Waals surface area contributed by atoms with Gasteiger partial charge >= 0.3 is 0 Å². The number of alkyl halides is 1. The van der Waals surface area contributed by atoms with Crippen LogP contribution >= 0.6 is 11.6 Å². The van der Waals surface area contributed by atoms with Gasteiger partial charge in [-0.2, -0.15) is 0 Å². The normalized spacial score (nSPS) is 13.2. The molecule has 1 heterocycles. The van der Waals surface area contributed by atoms with Gasteiger partial charge in [-0.1, -0.05) is 18.5 Å². The lowest BCUT2D eigenvalue weighted by Gasteiger charge is -2.09. The smallest absolute Gasteiger partial charge is 0.124 e. The average Bonchev–Trinajstić information content (AvgIpc) is 2.56. The van der Waals surface area contributed by atoms with Crippen LogP contribution in [0.25, 0.3) is 0 Å². The Morgan fingerprint density at radius 2 is 2.42 bits per heavy atom. The van der Waals surface area contributed by atoms with E-state index in [1.165, 1.54) is 0 Å². The lowest BCUT2D eigenvalue weighted by Crippen LogP contribution is -1.99. The van der Waals surface area contributed by atoms with E-state index in [0.717, 1.165) is 25.0 Å². The molecule has 1 rings (SSSR count). The third-order valence-electron chi connectivity index (χ3n) is 1.97. The van der Waals surface area contributed by atoms with Crippen LogP contribution < -0.4 is 0 Å². The summed E-state index contributed by atoms with van der Waals surface area (Å²) in [5.41, 5.74) is 1.04. The summed E-state index contributed by atoms with van der Waals surface area (Å²) < 4.78 is 4.80. The number of nitrogens with zero attached hydrogens (tertiary/aromatic N) is 1. The van der Waals surface area contributed by atoms with Crippen molar-refractivity contribution in [2.45, 2.75) is 32.1 Å². The summed E-state index contributed by atoms with van der Waals surface area (Å²) in [6.07, 6.45) is 4.90. The van der Waals surface area contributed by atoms with Crippen LogP contribution in [0, 0.1) is 0 Å². The molecule has 0 aliphatic carbocycles. The zero-order chi connectivity index (χ0) is 8.81. The molecule has 0 aromatic carbocycles. The lowest BCUT2D eigenvalue weighted by molar-refractivity contribution is 0.400. The molecule has 0 radical (unpaired) electrons. The maximum atomic E-state index is 5.69. The highest BCUT2D eigenvalue weighted by Crippen LogP contribution is 2.23. The second-order valence-electron chi connectivity index (χ2n) is 2.89. The van der Waals surface area contributed by atoms with Crippen LogP contribution in [0.3, 0.4) is 0 Å². The predicted octanol–water partition coefficient (Wildman–Crippen LogP) is 3.19. The number of hydrogen-bond acceptors (Lipinski definition) is 2. The van der Waals surface area contributed by atoms with E-state index in [1.54, 1.807) is 6.26 Å². The summed E-state index contributed by atoms with van der Waals surface area (Å²) in [6, 6.07) is 1.92. The Balaban J connectivity index is 2.53. The predicted molar refractivity (Wildman–Crippen MR) is 49.5 cm³/mol. The first kappa shape index (κ1) is 9.59. The number of rotatable bonds is 5. The second kappa shape index (κ2) is 5.20. The quantitative estimate of drug-likeness (QED) is 0.662. The van der Waals surface area contributed by atoms with Crippen molar-refractivity contribution in [1.29, 1.82) is 0 Å². The van der Waals surface area contributed by atoms with E-state index >= 15 is 0 Å². The Labute approximate surface area is 77.9 Å². The van der Waals surface area contributed by atoms with E-state index in [1.807, 2.05) is 6.07 Å². The highest BCUT2D eigenvalue weighted by atomic mass is 35.5. The van der Waals surface area contributed by atoms with Crippen molar-refractivity contribution >= 4 is 11.6 Å². The van der Waals surface area contributed by atoms with E-state index in [9.17, 15) is 0 Å². The van der Waals surface area contributed by atoms with E-state index < -0.39 is 0 Å². The molecule has 3 heteroatoms. The van der Waals surface area contributed by atoms with Crippen LogP contribution in [0.5, 0.6) is 0 Å². The van der Waals surface area contributed by atoms with Gasteiger partial charge < -0.3 is 4.52 Å². The SMILES string of the molecule is CCCC(CCCl)c1ccon1. The number of halogens is 1. The number of aromatic nitrogens is 1. The standard InChI is InChI=1S/C9H14ClNO/c1-2-3-8(4-6-10)9-5-7-12-11-9/h5,7-8H,2-4,6H2,1H3. The minimum absolute atomic E-state index is 0.478. The van der Waals surface area contributed by atoms with Crippen molar-refractivity contribution in [2.75, 3.05) is 5.88 Å². The molecule has 12 heavy (non-hydrogen) atoms. The Bertz CT molecular complexity index is 192. The Hall–Kier alpha value is -0.500. The molecule has 0 aliphatic rings. The maximum absolute atomic E-state index is 5.69. The molecule has 68 valence electrons. The minimum atomic E-state index is 0.478. The van der Waals surface area contributed by atoms with Crippen LogP contribution in [-0.4, -0.2) is 11.0 Å². The highest BCUT2D eigenvalue weighted by Gasteiger charge is 2.12. The van der Waals surface area contributed by atoms with Gasteiger partial charge in [-0.05, 0) is 12.8 Å². The van der Waals surface area contributed by atoms with E-state index in [-0.39, 0.29) is 0 Å². The minimum Gasteiger partial charge on any atom is -0.365 e. The molecule has 0 N–H and O–H groups in total. The Morgan fingerprint density at radius 1 is 1.58 bits per heavy atom. The molecule has 0 aliphatic heterocycles. The number of hydrogen-bond donors (Lipinski definition) is 0. The summed E-state index contributed by atoms with van der Waals surface area (Å²) in [6.45, 7) is 2.17. The zero-order valence-electron chi connectivity index (χ0n) is 7.29. The van der Waals surface area contributed by atoms with E-state index in [0.29, 0.717) is 11.8 Å². The van der Waals surface area contributed by atoms with Gasteiger partial charge in [0.25, 0.3) is 0 Å². The maximum Gasteiger partial charge on any atom is 0.124 e. The fourth-order valence-corrected chi connectivity index (χ4v) is 1.62. The molecule has 1 aromatic heterocycles. The van der Waals surface area contributed by atoms with Crippen LogP contribution in [0.2, 0.25) is 0 Å². The summed E-state index contributed by atoms with van der Waals surface area (Å²) in [5.74, 6) is 1.17. The van der Waals surface area contributed by atoms with Crippen molar-refractivity contribution < 1.29 is 4.52 Å². The van der Waals surface area contributed by atoms with Gasteiger partial charge in [-0.15, -0.1) is 11.6 Å². The van der Waals surface area contributed by atoms with Gasteiger partial charge in [0, 0.05) is 17.9 Å². The molecule has 1 atom stereocenters. The Kier molecular flexibility index (Phi) is 4.15. The van der Waals surface area contributed by atoms with Gasteiger partial charge in [0.2, 0.25) is 0 Å². The van der Waals surface area contributed by atoms with Crippen LogP contribution in [0.4, 0.5) is 0 Å². The first-order valence-electron chi connectivity index (χ1n) is 4.34.